The summed E-state index contributed by atoms with van der Waals surface area (Å²) in [7, 11) is 8.52. The first-order chi connectivity index (χ1) is 17.2. The lowest BCUT2D eigenvalue weighted by atomic mass is 9.96. The summed E-state index contributed by atoms with van der Waals surface area (Å²) in [6, 6.07) is 15.2. The van der Waals surface area contributed by atoms with Crippen LogP contribution < -0.4 is 15.5 Å². The first kappa shape index (κ1) is 27.7. The van der Waals surface area contributed by atoms with E-state index in [2.05, 4.69) is 59.9 Å². The van der Waals surface area contributed by atoms with Crippen LogP contribution in [0.3, 0.4) is 0 Å². The SMILES string of the molecule is CN(C)CC1CCN(c2cccc(N)c2)CC1.CN(C)CC1CCN(c2cccc([N+](=O)[O-])c2)CC1. The number of nitrogens with two attached hydrogens (primary N) is 1. The summed E-state index contributed by atoms with van der Waals surface area (Å²) < 4.78 is 0. The Kier molecular flexibility index (Phi) is 10.4. The second-order valence-electron chi connectivity index (χ2n) is 10.8. The van der Waals surface area contributed by atoms with Crippen molar-refractivity contribution in [2.75, 3.05) is 83.0 Å². The highest BCUT2D eigenvalue weighted by molar-refractivity contribution is 5.56. The highest BCUT2D eigenvalue weighted by Crippen LogP contribution is 2.27. The van der Waals surface area contributed by atoms with E-state index in [4.69, 9.17) is 5.73 Å². The summed E-state index contributed by atoms with van der Waals surface area (Å²) in [6.45, 7) is 6.62. The smallest absolute Gasteiger partial charge is 0.271 e. The molecular formula is C28H44N6O2. The van der Waals surface area contributed by atoms with E-state index in [1.54, 1.807) is 18.2 Å². The van der Waals surface area contributed by atoms with Gasteiger partial charge in [-0.3, -0.25) is 10.1 Å². The lowest BCUT2D eigenvalue weighted by Crippen LogP contribution is -2.37. The van der Waals surface area contributed by atoms with E-state index in [0.717, 1.165) is 68.8 Å². The van der Waals surface area contributed by atoms with E-state index < -0.39 is 0 Å². The van der Waals surface area contributed by atoms with Crippen LogP contribution in [0.4, 0.5) is 22.7 Å². The molecule has 0 radical (unpaired) electrons. The first-order valence-corrected chi connectivity index (χ1v) is 13.1. The molecule has 2 fully saturated rings. The molecule has 2 heterocycles. The van der Waals surface area contributed by atoms with Crippen molar-refractivity contribution in [2.24, 2.45) is 11.8 Å². The van der Waals surface area contributed by atoms with Gasteiger partial charge >= 0.3 is 0 Å². The van der Waals surface area contributed by atoms with Gasteiger partial charge in [-0.2, -0.15) is 0 Å². The number of nitrogen functional groups attached to an aromatic ring is 1. The molecule has 0 aromatic heterocycles. The molecule has 36 heavy (non-hydrogen) atoms. The molecule has 2 aromatic rings. The monoisotopic (exact) mass is 496 g/mol. The summed E-state index contributed by atoms with van der Waals surface area (Å²) in [6.07, 6.45) is 4.88. The molecule has 0 aliphatic carbocycles. The maximum absolute atomic E-state index is 10.8. The predicted octanol–water partition coefficient (Wildman–Crippen LogP) is 4.42. The minimum Gasteiger partial charge on any atom is -0.399 e. The molecule has 0 amide bonds. The summed E-state index contributed by atoms with van der Waals surface area (Å²) in [5.74, 6) is 1.59. The second kappa shape index (κ2) is 13.5. The molecule has 2 aliphatic rings. The second-order valence-corrected chi connectivity index (χ2v) is 10.8. The van der Waals surface area contributed by atoms with Gasteiger partial charge in [-0.25, -0.2) is 0 Å². The molecule has 2 aromatic carbocycles. The maximum atomic E-state index is 10.8. The zero-order valence-corrected chi connectivity index (χ0v) is 22.5. The Morgan fingerprint density at radius 1 is 0.806 bits per heavy atom. The average Bonchev–Trinajstić information content (AvgIpc) is 2.85. The van der Waals surface area contributed by atoms with Gasteiger partial charge in [0.1, 0.15) is 0 Å². The fourth-order valence-corrected chi connectivity index (χ4v) is 5.31. The van der Waals surface area contributed by atoms with Crippen LogP contribution in [0.25, 0.3) is 0 Å². The van der Waals surface area contributed by atoms with Crippen LogP contribution in [0, 0.1) is 22.0 Å². The molecule has 2 N–H and O–H groups in total. The standard InChI is InChI=1S/C14H21N3O2.C14H23N3/c1-15(2)11-12-6-8-16(9-7-12)13-4-3-5-14(10-13)17(18)19;1-16(2)11-12-6-8-17(9-7-12)14-5-3-4-13(15)10-14/h3-5,10,12H,6-9,11H2,1-2H3;3-5,10,12H,6-9,11,15H2,1-2H3. The number of piperidine rings is 2. The number of non-ortho nitro benzene ring substituents is 1. The van der Waals surface area contributed by atoms with Gasteiger partial charge in [-0.15, -0.1) is 0 Å². The zero-order chi connectivity index (χ0) is 26.1. The molecule has 0 atom stereocenters. The third-order valence-corrected chi connectivity index (χ3v) is 7.12. The zero-order valence-electron chi connectivity index (χ0n) is 22.5. The Bertz CT molecular complexity index is 951. The number of rotatable bonds is 7. The van der Waals surface area contributed by atoms with E-state index in [-0.39, 0.29) is 10.6 Å². The van der Waals surface area contributed by atoms with Gasteiger partial charge in [-0.1, -0.05) is 12.1 Å². The van der Waals surface area contributed by atoms with E-state index in [1.165, 1.54) is 25.1 Å². The number of nitro groups is 1. The number of nitrogens with zero attached hydrogens (tertiary/aromatic N) is 5. The molecule has 8 heteroatoms. The summed E-state index contributed by atoms with van der Waals surface area (Å²) in [5.41, 5.74) is 9.10. The molecule has 0 bridgehead atoms. The largest absolute Gasteiger partial charge is 0.399 e. The van der Waals surface area contributed by atoms with E-state index >= 15 is 0 Å². The molecular weight excluding hydrogens is 452 g/mol. The molecule has 0 saturated carbocycles. The van der Waals surface area contributed by atoms with Gasteiger partial charge in [0, 0.05) is 68.5 Å². The van der Waals surface area contributed by atoms with Gasteiger partial charge in [0.05, 0.1) is 4.92 Å². The minimum absolute atomic E-state index is 0.174. The third-order valence-electron chi connectivity index (χ3n) is 7.12. The van der Waals surface area contributed by atoms with Gasteiger partial charge in [0.15, 0.2) is 0 Å². The minimum atomic E-state index is -0.331. The average molecular weight is 497 g/mol. The Morgan fingerprint density at radius 2 is 1.25 bits per heavy atom. The number of hydrogen-bond acceptors (Lipinski definition) is 7. The van der Waals surface area contributed by atoms with Crippen molar-refractivity contribution in [1.82, 2.24) is 9.80 Å². The van der Waals surface area contributed by atoms with Crippen molar-refractivity contribution in [3.63, 3.8) is 0 Å². The molecule has 198 valence electrons. The number of anilines is 3. The van der Waals surface area contributed by atoms with Crippen LogP contribution in [0.1, 0.15) is 25.7 Å². The van der Waals surface area contributed by atoms with Crippen LogP contribution >= 0.6 is 0 Å². The number of nitro benzene ring substituents is 1. The number of hydrogen-bond donors (Lipinski definition) is 1. The summed E-state index contributed by atoms with van der Waals surface area (Å²) in [5, 5.41) is 10.8. The quantitative estimate of drug-likeness (QED) is 0.345. The highest BCUT2D eigenvalue weighted by Gasteiger charge is 2.21. The topological polar surface area (TPSA) is 82.1 Å². The van der Waals surface area contributed by atoms with E-state index in [9.17, 15) is 10.1 Å². The van der Waals surface area contributed by atoms with Gasteiger partial charge in [0.25, 0.3) is 5.69 Å². The maximum Gasteiger partial charge on any atom is 0.271 e. The molecule has 2 aliphatic heterocycles. The Hall–Kier alpha value is -2.84. The molecule has 0 unspecified atom stereocenters. The fourth-order valence-electron chi connectivity index (χ4n) is 5.31. The Balaban J connectivity index is 0.000000202. The lowest BCUT2D eigenvalue weighted by molar-refractivity contribution is -0.384. The predicted molar refractivity (Wildman–Crippen MR) is 151 cm³/mol. The van der Waals surface area contributed by atoms with Crippen LogP contribution in [-0.4, -0.2) is 82.2 Å². The fraction of sp³-hybridized carbons (Fsp3) is 0.571. The van der Waals surface area contributed by atoms with Crippen molar-refractivity contribution in [3.8, 4) is 0 Å². The van der Waals surface area contributed by atoms with Crippen LogP contribution in [0.15, 0.2) is 48.5 Å². The van der Waals surface area contributed by atoms with Crippen LogP contribution in [0.2, 0.25) is 0 Å². The van der Waals surface area contributed by atoms with E-state index in [1.807, 2.05) is 18.2 Å². The summed E-state index contributed by atoms with van der Waals surface area (Å²) >= 11 is 0. The highest BCUT2D eigenvalue weighted by atomic mass is 16.6. The van der Waals surface area contributed by atoms with Crippen molar-refractivity contribution >= 4 is 22.7 Å². The normalized spacial score (nSPS) is 17.3. The molecule has 8 nitrogen and oxygen atoms in total. The molecule has 2 saturated heterocycles. The van der Waals surface area contributed by atoms with Gasteiger partial charge < -0.3 is 25.3 Å². The van der Waals surface area contributed by atoms with Crippen molar-refractivity contribution in [3.05, 3.63) is 58.6 Å². The third kappa shape index (κ3) is 8.68. The van der Waals surface area contributed by atoms with Gasteiger partial charge in [0.2, 0.25) is 0 Å². The molecule has 4 rings (SSSR count). The van der Waals surface area contributed by atoms with Crippen molar-refractivity contribution in [1.29, 1.82) is 0 Å². The van der Waals surface area contributed by atoms with Crippen molar-refractivity contribution < 1.29 is 4.92 Å². The Morgan fingerprint density at radius 3 is 1.67 bits per heavy atom. The van der Waals surface area contributed by atoms with E-state index in [0.29, 0.717) is 0 Å². The van der Waals surface area contributed by atoms with Crippen molar-refractivity contribution in [2.45, 2.75) is 25.7 Å². The summed E-state index contributed by atoms with van der Waals surface area (Å²) in [4.78, 5) is 19.7. The number of benzene rings is 2. The lowest BCUT2D eigenvalue weighted by Gasteiger charge is -2.34. The Labute approximate surface area is 216 Å². The van der Waals surface area contributed by atoms with Crippen LogP contribution in [-0.2, 0) is 0 Å². The molecule has 0 spiro atoms. The van der Waals surface area contributed by atoms with Crippen LogP contribution in [0.5, 0.6) is 0 Å². The van der Waals surface area contributed by atoms with Gasteiger partial charge in [-0.05, 0) is 90.0 Å². The first-order valence-electron chi connectivity index (χ1n) is 13.1.